The second kappa shape index (κ2) is 12.0. The number of benzene rings is 1. The number of ether oxygens (including phenoxy) is 1. The smallest absolute Gasteiger partial charge is 0.407 e. The number of hydrogen-bond acceptors (Lipinski definition) is 5. The van der Waals surface area contributed by atoms with Gasteiger partial charge in [-0.1, -0.05) is 30.3 Å². The first kappa shape index (κ1) is 25.0. The van der Waals surface area contributed by atoms with Gasteiger partial charge in [-0.2, -0.15) is 0 Å². The number of amides is 3. The molecule has 8 heteroatoms. The molecule has 6 N–H and O–H groups in total. The fourth-order valence-electron chi connectivity index (χ4n) is 5.21. The highest BCUT2D eigenvalue weighted by molar-refractivity contribution is 5.88. The third kappa shape index (κ3) is 7.74. The summed E-state index contributed by atoms with van der Waals surface area (Å²) in [5.74, 6) is -0.0121. The minimum atomic E-state index is -0.756. The molecule has 0 spiro atoms. The number of nitrogens with one attached hydrogen (secondary N) is 2. The Hall–Kier alpha value is -2.61. The Kier molecular flexibility index (Phi) is 9.11. The van der Waals surface area contributed by atoms with Gasteiger partial charge in [0.05, 0.1) is 6.04 Å². The summed E-state index contributed by atoms with van der Waals surface area (Å²) in [6.07, 6.45) is 9.03. The lowest BCUT2D eigenvalue weighted by Gasteiger charge is -2.47. The summed E-state index contributed by atoms with van der Waals surface area (Å²) in [6.45, 7) is 0.626. The van der Waals surface area contributed by atoms with Crippen LogP contribution < -0.4 is 22.1 Å². The maximum Gasteiger partial charge on any atom is 0.407 e. The van der Waals surface area contributed by atoms with Gasteiger partial charge in [0.25, 0.3) is 0 Å². The van der Waals surface area contributed by atoms with E-state index in [1.165, 1.54) is 19.3 Å². The van der Waals surface area contributed by atoms with Crippen LogP contribution in [0, 0.1) is 11.3 Å². The van der Waals surface area contributed by atoms with Crippen molar-refractivity contribution in [1.29, 1.82) is 0 Å². The van der Waals surface area contributed by atoms with Crippen LogP contribution in [0.1, 0.15) is 69.8 Å². The second-order valence-corrected chi connectivity index (χ2v) is 9.74. The van der Waals surface area contributed by atoms with Gasteiger partial charge in [0, 0.05) is 6.54 Å². The van der Waals surface area contributed by atoms with Crippen molar-refractivity contribution in [3.63, 3.8) is 0 Å². The van der Waals surface area contributed by atoms with Crippen molar-refractivity contribution in [2.24, 2.45) is 22.8 Å². The maximum atomic E-state index is 12.7. The average molecular weight is 459 g/mol. The van der Waals surface area contributed by atoms with E-state index < -0.39 is 24.1 Å². The van der Waals surface area contributed by atoms with Crippen molar-refractivity contribution in [3.8, 4) is 0 Å². The Bertz CT molecular complexity index is 779. The molecular formula is C25H38N4O4. The largest absolute Gasteiger partial charge is 0.445 e. The molecule has 1 aromatic rings. The molecule has 0 unspecified atom stereocenters. The molecule has 1 aromatic carbocycles. The highest BCUT2D eigenvalue weighted by Crippen LogP contribution is 2.52. The molecule has 3 amide bonds. The van der Waals surface area contributed by atoms with Gasteiger partial charge in [-0.05, 0) is 81.1 Å². The molecule has 2 bridgehead atoms. The summed E-state index contributed by atoms with van der Waals surface area (Å²) < 4.78 is 5.16. The van der Waals surface area contributed by atoms with Gasteiger partial charge in [-0.3, -0.25) is 9.59 Å². The van der Waals surface area contributed by atoms with Gasteiger partial charge in [0.1, 0.15) is 12.6 Å². The van der Waals surface area contributed by atoms with Crippen molar-refractivity contribution in [2.75, 3.05) is 6.54 Å². The summed E-state index contributed by atoms with van der Waals surface area (Å²) in [7, 11) is 0. The van der Waals surface area contributed by atoms with E-state index in [2.05, 4.69) is 10.6 Å². The molecule has 3 aliphatic rings. The predicted octanol–water partition coefficient (Wildman–Crippen LogP) is 2.74. The van der Waals surface area contributed by atoms with Crippen LogP contribution in [-0.4, -0.2) is 36.5 Å². The molecule has 182 valence electrons. The summed E-state index contributed by atoms with van der Waals surface area (Å²) in [4.78, 5) is 36.3. The quantitative estimate of drug-likeness (QED) is 0.357. The van der Waals surface area contributed by atoms with Crippen molar-refractivity contribution in [1.82, 2.24) is 10.6 Å². The first-order chi connectivity index (χ1) is 15.9. The van der Waals surface area contributed by atoms with Crippen molar-refractivity contribution in [2.45, 2.75) is 82.9 Å². The number of primary amides is 1. The third-order valence-electron chi connectivity index (χ3n) is 7.30. The molecule has 4 rings (SSSR count). The van der Waals surface area contributed by atoms with E-state index in [-0.39, 0.29) is 17.9 Å². The van der Waals surface area contributed by atoms with Crippen molar-refractivity contribution >= 4 is 17.9 Å². The van der Waals surface area contributed by atoms with Gasteiger partial charge >= 0.3 is 6.09 Å². The number of nitrogens with two attached hydrogens (primary N) is 2. The normalized spacial score (nSPS) is 23.4. The highest BCUT2D eigenvalue weighted by atomic mass is 16.5. The summed E-state index contributed by atoms with van der Waals surface area (Å²) in [6, 6.07) is 8.07. The van der Waals surface area contributed by atoms with Crippen molar-refractivity contribution < 1.29 is 19.1 Å². The Balaban J connectivity index is 1.32. The Morgan fingerprint density at radius 1 is 1.06 bits per heavy atom. The fourth-order valence-corrected chi connectivity index (χ4v) is 5.21. The number of rotatable bonds is 12. The van der Waals surface area contributed by atoms with Crippen LogP contribution in [0.2, 0.25) is 0 Å². The van der Waals surface area contributed by atoms with Crippen molar-refractivity contribution in [3.05, 3.63) is 35.9 Å². The number of alkyl carbamates (subject to hydrolysis) is 1. The van der Waals surface area contributed by atoms with Gasteiger partial charge in [-0.15, -0.1) is 0 Å². The number of carbonyl (C=O) groups excluding carboxylic acids is 3. The van der Waals surface area contributed by atoms with Crippen LogP contribution in [0.15, 0.2) is 30.3 Å². The Morgan fingerprint density at radius 3 is 2.36 bits per heavy atom. The standard InChI is InChI=1S/C25H38N4O4/c26-20(16-25-12-9-18(10-13-25)11-14-25)23(31)29-21(22(27)30)8-4-5-15-28-24(32)33-17-19-6-2-1-3-7-19/h1-3,6-7,18,20-21H,4-5,8-17,26H2,(H2,27,30)(H,28,32)(H,29,31)/t18?,20-,21-,25?/m0/s1. The first-order valence-electron chi connectivity index (χ1n) is 12.2. The maximum absolute atomic E-state index is 12.7. The topological polar surface area (TPSA) is 137 Å². The van der Waals surface area contributed by atoms with Gasteiger partial charge < -0.3 is 26.8 Å². The highest BCUT2D eigenvalue weighted by Gasteiger charge is 2.42. The van der Waals surface area contributed by atoms with Crippen LogP contribution in [0.3, 0.4) is 0 Å². The van der Waals surface area contributed by atoms with E-state index in [4.69, 9.17) is 16.2 Å². The van der Waals surface area contributed by atoms with Gasteiger partial charge in [0.15, 0.2) is 0 Å². The molecular weight excluding hydrogens is 420 g/mol. The molecule has 33 heavy (non-hydrogen) atoms. The molecule has 0 saturated heterocycles. The van der Waals surface area contributed by atoms with E-state index >= 15 is 0 Å². The molecule has 2 atom stereocenters. The fraction of sp³-hybridized carbons (Fsp3) is 0.640. The molecule has 3 fully saturated rings. The Morgan fingerprint density at radius 2 is 1.73 bits per heavy atom. The predicted molar refractivity (Wildman–Crippen MR) is 126 cm³/mol. The second-order valence-electron chi connectivity index (χ2n) is 9.74. The zero-order valence-corrected chi connectivity index (χ0v) is 19.4. The van der Waals surface area contributed by atoms with E-state index in [0.29, 0.717) is 32.2 Å². The monoisotopic (exact) mass is 458 g/mol. The lowest BCUT2D eigenvalue weighted by Crippen LogP contribution is -2.52. The molecule has 0 aliphatic heterocycles. The minimum absolute atomic E-state index is 0.189. The molecule has 3 saturated carbocycles. The number of carbonyl (C=O) groups is 3. The van der Waals surface area contributed by atoms with Crippen LogP contribution >= 0.6 is 0 Å². The van der Waals surface area contributed by atoms with Crippen LogP contribution in [-0.2, 0) is 20.9 Å². The number of unbranched alkanes of at least 4 members (excludes halogenated alkanes) is 1. The number of fused-ring (bicyclic) bond motifs is 3. The molecule has 3 aliphatic carbocycles. The lowest BCUT2D eigenvalue weighted by atomic mass is 9.58. The average Bonchev–Trinajstić information content (AvgIpc) is 2.83. The van der Waals surface area contributed by atoms with E-state index in [9.17, 15) is 14.4 Å². The molecule has 8 nitrogen and oxygen atoms in total. The van der Waals surface area contributed by atoms with E-state index in [1.54, 1.807) is 0 Å². The molecule has 0 aromatic heterocycles. The number of hydrogen-bond donors (Lipinski definition) is 4. The van der Waals surface area contributed by atoms with Crippen LogP contribution in [0.5, 0.6) is 0 Å². The lowest BCUT2D eigenvalue weighted by molar-refractivity contribution is -0.129. The molecule has 0 radical (unpaired) electrons. The first-order valence-corrected chi connectivity index (χ1v) is 12.2. The summed E-state index contributed by atoms with van der Waals surface area (Å²) in [5, 5.41) is 5.44. The Labute approximate surface area is 196 Å². The molecule has 0 heterocycles. The van der Waals surface area contributed by atoms with Crippen LogP contribution in [0.25, 0.3) is 0 Å². The van der Waals surface area contributed by atoms with Gasteiger partial charge in [-0.25, -0.2) is 4.79 Å². The SMILES string of the molecule is NC(=O)[C@H](CCCCNC(=O)OCc1ccccc1)NC(=O)[C@@H](N)CC12CCC(CC1)CC2. The van der Waals surface area contributed by atoms with E-state index in [0.717, 1.165) is 30.7 Å². The third-order valence-corrected chi connectivity index (χ3v) is 7.30. The zero-order valence-electron chi connectivity index (χ0n) is 19.4. The minimum Gasteiger partial charge on any atom is -0.445 e. The van der Waals surface area contributed by atoms with Gasteiger partial charge in [0.2, 0.25) is 11.8 Å². The summed E-state index contributed by atoms with van der Waals surface area (Å²) in [5.41, 5.74) is 12.8. The zero-order chi connectivity index (χ0) is 23.7. The summed E-state index contributed by atoms with van der Waals surface area (Å²) >= 11 is 0. The van der Waals surface area contributed by atoms with E-state index in [1.807, 2.05) is 30.3 Å². The van der Waals surface area contributed by atoms with Crippen LogP contribution in [0.4, 0.5) is 4.79 Å².